The minimum Gasteiger partial charge on any atom is -0.258 e. The van der Waals surface area contributed by atoms with Gasteiger partial charge in [-0.1, -0.05) is 17.8 Å². The fourth-order valence-corrected chi connectivity index (χ4v) is 2.33. The van der Waals surface area contributed by atoms with Crippen molar-refractivity contribution in [1.29, 1.82) is 0 Å². The van der Waals surface area contributed by atoms with Crippen LogP contribution in [0.15, 0.2) is 29.7 Å². The van der Waals surface area contributed by atoms with Crippen molar-refractivity contribution in [3.8, 4) is 0 Å². The molecule has 0 bridgehead atoms. The lowest BCUT2D eigenvalue weighted by molar-refractivity contribution is -0.385. The topological polar surface area (TPSA) is 73.8 Å². The average Bonchev–Trinajstić information content (AvgIpc) is 2.73. The number of nitro groups is 1. The molecule has 0 aliphatic rings. The van der Waals surface area contributed by atoms with Gasteiger partial charge in [0.2, 0.25) is 0 Å². The fraction of sp³-hybridized carbons (Fsp3) is 0.200. The molecule has 2 rings (SSSR count). The molecule has 0 unspecified atom stereocenters. The average molecular weight is 268 g/mol. The van der Waals surface area contributed by atoms with Crippen molar-refractivity contribution >= 4 is 17.4 Å². The Hall–Kier alpha value is -1.96. The number of thioether (sulfide) groups is 1. The summed E-state index contributed by atoms with van der Waals surface area (Å²) in [6.07, 6.45) is 1.37. The Kier molecular flexibility index (Phi) is 3.56. The number of rotatable bonds is 4. The zero-order valence-electron chi connectivity index (χ0n) is 9.41. The minimum absolute atomic E-state index is 0.0653. The highest BCUT2D eigenvalue weighted by Gasteiger charge is 2.18. The summed E-state index contributed by atoms with van der Waals surface area (Å²) < 4.78 is 15.1. The maximum absolute atomic E-state index is 13.6. The highest BCUT2D eigenvalue weighted by molar-refractivity contribution is 7.98. The highest BCUT2D eigenvalue weighted by Crippen LogP contribution is 2.28. The molecule has 0 saturated carbocycles. The van der Waals surface area contributed by atoms with Gasteiger partial charge in [-0.25, -0.2) is 14.1 Å². The van der Waals surface area contributed by atoms with Gasteiger partial charge in [-0.15, -0.1) is 0 Å². The van der Waals surface area contributed by atoms with Crippen LogP contribution in [-0.2, 0) is 12.8 Å². The van der Waals surface area contributed by atoms with Crippen LogP contribution < -0.4 is 0 Å². The maximum atomic E-state index is 13.6. The van der Waals surface area contributed by atoms with Crippen LogP contribution in [0.2, 0.25) is 0 Å². The highest BCUT2D eigenvalue weighted by atomic mass is 32.2. The molecule has 2 aromatic rings. The Bertz CT molecular complexity index is 587. The van der Waals surface area contributed by atoms with Crippen LogP contribution in [0.25, 0.3) is 0 Å². The van der Waals surface area contributed by atoms with E-state index in [0.717, 1.165) is 0 Å². The van der Waals surface area contributed by atoms with E-state index in [1.165, 1.54) is 41.0 Å². The predicted molar refractivity (Wildman–Crippen MR) is 63.6 cm³/mol. The monoisotopic (exact) mass is 268 g/mol. The van der Waals surface area contributed by atoms with Gasteiger partial charge < -0.3 is 0 Å². The van der Waals surface area contributed by atoms with Crippen LogP contribution in [0, 0.1) is 15.9 Å². The molecule has 0 aliphatic carbocycles. The Morgan fingerprint density at radius 3 is 2.94 bits per heavy atom. The van der Waals surface area contributed by atoms with Gasteiger partial charge in [0.1, 0.15) is 12.1 Å². The first-order valence-corrected chi connectivity index (χ1v) is 5.96. The standard InChI is InChI=1S/C10H9FN4O2S/c1-14-10(12-6-13-14)18-5-7-8(11)3-2-4-9(7)15(16)17/h2-4,6H,5H2,1H3. The van der Waals surface area contributed by atoms with Gasteiger partial charge >= 0.3 is 0 Å². The molecule has 1 aromatic carbocycles. The molecule has 0 radical (unpaired) electrons. The third-order valence-corrected chi connectivity index (χ3v) is 3.37. The van der Waals surface area contributed by atoms with E-state index >= 15 is 0 Å². The molecular formula is C10H9FN4O2S. The first-order chi connectivity index (χ1) is 8.59. The van der Waals surface area contributed by atoms with Gasteiger partial charge in [0, 0.05) is 18.9 Å². The lowest BCUT2D eigenvalue weighted by atomic mass is 10.2. The quantitative estimate of drug-likeness (QED) is 0.482. The molecule has 0 amide bonds. The van der Waals surface area contributed by atoms with E-state index in [9.17, 15) is 14.5 Å². The number of nitro benzene ring substituents is 1. The van der Waals surface area contributed by atoms with Gasteiger partial charge in [0.25, 0.3) is 5.69 Å². The molecule has 0 spiro atoms. The number of benzene rings is 1. The van der Waals surface area contributed by atoms with Crippen molar-refractivity contribution in [2.24, 2.45) is 7.05 Å². The second-order valence-electron chi connectivity index (χ2n) is 3.45. The van der Waals surface area contributed by atoms with E-state index in [1.54, 1.807) is 7.05 Å². The molecule has 6 nitrogen and oxygen atoms in total. The zero-order chi connectivity index (χ0) is 13.1. The van der Waals surface area contributed by atoms with Crippen molar-refractivity contribution in [3.05, 3.63) is 46.0 Å². The Morgan fingerprint density at radius 2 is 2.33 bits per heavy atom. The van der Waals surface area contributed by atoms with Gasteiger partial charge in [0.05, 0.1) is 10.5 Å². The number of halogens is 1. The molecule has 0 saturated heterocycles. The third kappa shape index (κ3) is 2.48. The van der Waals surface area contributed by atoms with E-state index in [2.05, 4.69) is 10.1 Å². The van der Waals surface area contributed by atoms with Crippen LogP contribution >= 0.6 is 11.8 Å². The molecular weight excluding hydrogens is 259 g/mol. The third-order valence-electron chi connectivity index (χ3n) is 2.31. The van der Waals surface area contributed by atoms with Crippen LogP contribution in [0.5, 0.6) is 0 Å². The van der Waals surface area contributed by atoms with Gasteiger partial charge in [-0.05, 0) is 6.07 Å². The van der Waals surface area contributed by atoms with Crippen molar-refractivity contribution in [1.82, 2.24) is 14.8 Å². The van der Waals surface area contributed by atoms with E-state index in [1.807, 2.05) is 0 Å². The lowest BCUT2D eigenvalue weighted by Crippen LogP contribution is -1.99. The zero-order valence-corrected chi connectivity index (χ0v) is 10.2. The number of hydrogen-bond donors (Lipinski definition) is 0. The molecule has 94 valence electrons. The molecule has 0 N–H and O–H groups in total. The van der Waals surface area contributed by atoms with Crippen LogP contribution in [-0.4, -0.2) is 19.7 Å². The number of aromatic nitrogens is 3. The lowest BCUT2D eigenvalue weighted by Gasteiger charge is -2.03. The minimum atomic E-state index is -0.588. The molecule has 1 aromatic heterocycles. The fourth-order valence-electron chi connectivity index (χ4n) is 1.41. The molecule has 0 aliphatic heterocycles. The second-order valence-corrected chi connectivity index (χ2v) is 4.39. The Labute approximate surface area is 106 Å². The molecule has 8 heteroatoms. The maximum Gasteiger partial charge on any atom is 0.276 e. The summed E-state index contributed by atoms with van der Waals surface area (Å²) >= 11 is 1.20. The predicted octanol–water partition coefficient (Wildman–Crippen LogP) is 2.15. The SMILES string of the molecule is Cn1ncnc1SCc1c(F)cccc1[N+](=O)[O-]. The largest absolute Gasteiger partial charge is 0.276 e. The summed E-state index contributed by atoms with van der Waals surface area (Å²) in [5.41, 5.74) is -0.153. The van der Waals surface area contributed by atoms with E-state index < -0.39 is 10.7 Å². The first kappa shape index (κ1) is 12.5. The summed E-state index contributed by atoms with van der Waals surface area (Å²) in [5.74, 6) is -0.450. The smallest absolute Gasteiger partial charge is 0.258 e. The summed E-state index contributed by atoms with van der Waals surface area (Å²) in [5, 5.41) is 15.2. The first-order valence-electron chi connectivity index (χ1n) is 4.98. The van der Waals surface area contributed by atoms with Crippen molar-refractivity contribution in [3.63, 3.8) is 0 Å². The molecule has 0 atom stereocenters. The summed E-state index contributed by atoms with van der Waals surface area (Å²) in [6, 6.07) is 3.82. The Balaban J connectivity index is 2.24. The summed E-state index contributed by atoms with van der Waals surface area (Å²) in [7, 11) is 1.70. The van der Waals surface area contributed by atoms with E-state index in [-0.39, 0.29) is 17.0 Å². The van der Waals surface area contributed by atoms with Gasteiger partial charge in [0.15, 0.2) is 5.16 Å². The number of hydrogen-bond acceptors (Lipinski definition) is 5. The summed E-state index contributed by atoms with van der Waals surface area (Å²) in [4.78, 5) is 14.2. The summed E-state index contributed by atoms with van der Waals surface area (Å²) in [6.45, 7) is 0. The second kappa shape index (κ2) is 5.13. The number of aryl methyl sites for hydroxylation is 1. The van der Waals surface area contributed by atoms with Crippen molar-refractivity contribution < 1.29 is 9.31 Å². The Morgan fingerprint density at radius 1 is 1.56 bits per heavy atom. The van der Waals surface area contributed by atoms with E-state index in [4.69, 9.17) is 0 Å². The van der Waals surface area contributed by atoms with Crippen molar-refractivity contribution in [2.45, 2.75) is 10.9 Å². The molecule has 1 heterocycles. The van der Waals surface area contributed by atoms with Crippen molar-refractivity contribution in [2.75, 3.05) is 0 Å². The van der Waals surface area contributed by atoms with Gasteiger partial charge in [-0.3, -0.25) is 10.1 Å². The molecule has 0 fully saturated rings. The van der Waals surface area contributed by atoms with Gasteiger partial charge in [-0.2, -0.15) is 5.10 Å². The normalized spacial score (nSPS) is 10.6. The molecule has 18 heavy (non-hydrogen) atoms. The van der Waals surface area contributed by atoms with Crippen LogP contribution in [0.3, 0.4) is 0 Å². The number of nitrogens with zero attached hydrogens (tertiary/aromatic N) is 4. The van der Waals surface area contributed by atoms with Crippen LogP contribution in [0.4, 0.5) is 10.1 Å². The van der Waals surface area contributed by atoms with Crippen LogP contribution in [0.1, 0.15) is 5.56 Å². The van der Waals surface area contributed by atoms with E-state index in [0.29, 0.717) is 5.16 Å².